The van der Waals surface area contributed by atoms with E-state index in [4.69, 9.17) is 4.42 Å². The predicted molar refractivity (Wildman–Crippen MR) is 259 cm³/mol. The molecule has 1 aliphatic rings. The highest BCUT2D eigenvalue weighted by molar-refractivity contribution is 6.07. The second kappa shape index (κ2) is 14.0. The predicted octanol–water partition coefficient (Wildman–Crippen LogP) is 16.8. The minimum atomic E-state index is -0.180. The summed E-state index contributed by atoms with van der Waals surface area (Å²) in [6.45, 7) is 11.7. The Kier molecular flexibility index (Phi) is 8.44. The molecule has 9 aromatic carbocycles. The highest BCUT2D eigenvalue weighted by atomic mass is 16.3. The van der Waals surface area contributed by atoms with Crippen molar-refractivity contribution in [3.05, 3.63) is 205 Å². The monoisotopic (exact) mass is 785 g/mol. The summed E-state index contributed by atoms with van der Waals surface area (Å²) in [5.41, 5.74) is 20.0. The van der Waals surface area contributed by atoms with Gasteiger partial charge in [0.05, 0.1) is 0 Å². The number of nitrogens with one attached hydrogen (secondary N) is 1. The van der Waals surface area contributed by atoms with Crippen molar-refractivity contribution in [3.8, 4) is 55.6 Å². The van der Waals surface area contributed by atoms with Gasteiger partial charge in [0.15, 0.2) is 0 Å². The van der Waals surface area contributed by atoms with E-state index in [1.807, 2.05) is 12.1 Å². The molecule has 2 nitrogen and oxygen atoms in total. The number of para-hydroxylation sites is 2. The molecule has 0 amide bonds. The van der Waals surface area contributed by atoms with E-state index in [1.54, 1.807) is 0 Å². The zero-order valence-electron chi connectivity index (χ0n) is 35.3. The fourth-order valence-corrected chi connectivity index (χ4v) is 9.70. The molecule has 1 aliphatic carbocycles. The summed E-state index contributed by atoms with van der Waals surface area (Å²) >= 11 is 0. The standard InChI is InChI=1S/C59H47NO/c1-58(2,3)44-27-28-48-52(36-44)59(4,5)51-30-29-46(43-18-12-16-39(33-43)42-26-31-55-50(35-42)47-20-9-11-23-54(47)61-55)56(57(48)51)49-21-8-10-22-53(49)60-45-19-13-17-40(34-45)41-25-24-37-14-6-7-15-38(37)32-41/h6-36,60H,1-5H3. The fraction of sp³-hybridized carbons (Fsp3) is 0.119. The van der Waals surface area contributed by atoms with Gasteiger partial charge in [-0.3, -0.25) is 0 Å². The van der Waals surface area contributed by atoms with E-state index in [9.17, 15) is 0 Å². The quantitative estimate of drug-likeness (QED) is 0.182. The van der Waals surface area contributed by atoms with Crippen LogP contribution in [-0.4, -0.2) is 0 Å². The van der Waals surface area contributed by atoms with Gasteiger partial charge in [-0.15, -0.1) is 0 Å². The number of anilines is 2. The summed E-state index contributed by atoms with van der Waals surface area (Å²) in [4.78, 5) is 0. The largest absolute Gasteiger partial charge is 0.456 e. The Bertz CT molecular complexity index is 3350. The van der Waals surface area contributed by atoms with Crippen molar-refractivity contribution in [3.63, 3.8) is 0 Å². The van der Waals surface area contributed by atoms with Crippen LogP contribution in [0, 0.1) is 0 Å². The van der Waals surface area contributed by atoms with E-state index < -0.39 is 0 Å². The van der Waals surface area contributed by atoms with E-state index >= 15 is 0 Å². The zero-order chi connectivity index (χ0) is 41.5. The van der Waals surface area contributed by atoms with Gasteiger partial charge in [0, 0.05) is 33.1 Å². The van der Waals surface area contributed by atoms with Crippen LogP contribution in [0.3, 0.4) is 0 Å². The molecule has 2 heteroatoms. The van der Waals surface area contributed by atoms with E-state index in [-0.39, 0.29) is 10.8 Å². The first kappa shape index (κ1) is 36.9. The van der Waals surface area contributed by atoms with Crippen molar-refractivity contribution in [2.24, 2.45) is 0 Å². The third-order valence-electron chi connectivity index (χ3n) is 13.0. The maximum atomic E-state index is 6.21. The number of fused-ring (bicyclic) bond motifs is 7. The zero-order valence-corrected chi connectivity index (χ0v) is 35.3. The molecule has 0 saturated carbocycles. The van der Waals surface area contributed by atoms with Crippen LogP contribution in [0.25, 0.3) is 88.3 Å². The molecule has 10 aromatic rings. The van der Waals surface area contributed by atoms with Crippen molar-refractivity contribution >= 4 is 44.1 Å². The Morgan fingerprint density at radius 1 is 0.426 bits per heavy atom. The highest BCUT2D eigenvalue weighted by Crippen LogP contribution is 2.56. The van der Waals surface area contributed by atoms with Gasteiger partial charge >= 0.3 is 0 Å². The van der Waals surface area contributed by atoms with Crippen molar-refractivity contribution in [2.75, 3.05) is 5.32 Å². The van der Waals surface area contributed by atoms with Crippen LogP contribution >= 0.6 is 0 Å². The Morgan fingerprint density at radius 3 is 1.97 bits per heavy atom. The Hall–Kier alpha value is -7.16. The summed E-state index contributed by atoms with van der Waals surface area (Å²) in [7, 11) is 0. The maximum absolute atomic E-state index is 6.21. The average Bonchev–Trinajstić information content (AvgIpc) is 3.77. The summed E-state index contributed by atoms with van der Waals surface area (Å²) in [6.07, 6.45) is 0. The van der Waals surface area contributed by atoms with E-state index in [1.165, 1.54) is 77.5 Å². The number of benzene rings is 9. The molecule has 0 fully saturated rings. The number of hydrogen-bond acceptors (Lipinski definition) is 2. The molecule has 0 atom stereocenters. The van der Waals surface area contributed by atoms with Crippen LogP contribution in [0.15, 0.2) is 192 Å². The molecule has 0 unspecified atom stereocenters. The minimum Gasteiger partial charge on any atom is -0.456 e. The van der Waals surface area contributed by atoms with Crippen LogP contribution in [0.4, 0.5) is 11.4 Å². The molecule has 61 heavy (non-hydrogen) atoms. The van der Waals surface area contributed by atoms with E-state index in [0.29, 0.717) is 0 Å². The van der Waals surface area contributed by atoms with E-state index in [2.05, 4.69) is 216 Å². The van der Waals surface area contributed by atoms with Gasteiger partial charge in [0.1, 0.15) is 11.2 Å². The second-order valence-electron chi connectivity index (χ2n) is 18.2. The first-order valence-corrected chi connectivity index (χ1v) is 21.4. The fourth-order valence-electron chi connectivity index (χ4n) is 9.70. The lowest BCUT2D eigenvalue weighted by Gasteiger charge is -2.25. The van der Waals surface area contributed by atoms with E-state index in [0.717, 1.165) is 38.9 Å². The molecule has 1 aromatic heterocycles. The minimum absolute atomic E-state index is 0.0397. The molecule has 294 valence electrons. The number of hydrogen-bond donors (Lipinski definition) is 1. The Labute approximate surface area is 358 Å². The SMILES string of the molecule is CC(C)(C)c1ccc2c(c1)C(C)(C)c1ccc(-c3cccc(-c4ccc5oc6ccccc6c5c4)c3)c(-c3ccccc3Nc3cccc(-c4ccc5ccccc5c4)c3)c1-2. The van der Waals surface area contributed by atoms with Crippen molar-refractivity contribution in [2.45, 2.75) is 45.4 Å². The van der Waals surface area contributed by atoms with Crippen LogP contribution in [0.2, 0.25) is 0 Å². The van der Waals surface area contributed by atoms with Crippen molar-refractivity contribution < 1.29 is 4.42 Å². The summed E-state index contributed by atoms with van der Waals surface area (Å²) in [5, 5.41) is 8.68. The summed E-state index contributed by atoms with van der Waals surface area (Å²) < 4.78 is 6.21. The molecule has 1 heterocycles. The molecule has 0 bridgehead atoms. The van der Waals surface area contributed by atoms with Gasteiger partial charge < -0.3 is 9.73 Å². The third-order valence-corrected chi connectivity index (χ3v) is 13.0. The summed E-state index contributed by atoms with van der Waals surface area (Å²) in [6, 6.07) is 68.9. The van der Waals surface area contributed by atoms with Crippen LogP contribution in [0.5, 0.6) is 0 Å². The second-order valence-corrected chi connectivity index (χ2v) is 18.2. The molecule has 0 radical (unpaired) electrons. The molecule has 1 N–H and O–H groups in total. The first-order chi connectivity index (χ1) is 29.6. The van der Waals surface area contributed by atoms with Gasteiger partial charge in [-0.1, -0.05) is 174 Å². The first-order valence-electron chi connectivity index (χ1n) is 21.4. The number of rotatable bonds is 6. The third kappa shape index (κ3) is 6.25. The molecule has 0 aliphatic heterocycles. The molecule has 0 spiro atoms. The average molecular weight is 786 g/mol. The topological polar surface area (TPSA) is 25.2 Å². The van der Waals surface area contributed by atoms with Crippen LogP contribution in [0.1, 0.15) is 51.3 Å². The Balaban J connectivity index is 1.08. The normalized spacial score (nSPS) is 13.1. The van der Waals surface area contributed by atoms with Gasteiger partial charge in [-0.2, -0.15) is 0 Å². The number of furan rings is 1. The Morgan fingerprint density at radius 2 is 1.10 bits per heavy atom. The lowest BCUT2D eigenvalue weighted by atomic mass is 9.78. The molecule has 0 saturated heterocycles. The van der Waals surface area contributed by atoms with Gasteiger partial charge in [0.25, 0.3) is 0 Å². The lowest BCUT2D eigenvalue weighted by molar-refractivity contribution is 0.584. The van der Waals surface area contributed by atoms with Crippen LogP contribution < -0.4 is 5.32 Å². The molecular formula is C59H47NO. The maximum Gasteiger partial charge on any atom is 0.135 e. The molecule has 11 rings (SSSR count). The van der Waals surface area contributed by atoms with Crippen molar-refractivity contribution in [1.82, 2.24) is 0 Å². The lowest BCUT2D eigenvalue weighted by Crippen LogP contribution is -2.17. The van der Waals surface area contributed by atoms with Gasteiger partial charge in [0.2, 0.25) is 0 Å². The van der Waals surface area contributed by atoms with Gasteiger partial charge in [-0.05, 0) is 131 Å². The van der Waals surface area contributed by atoms with Gasteiger partial charge in [-0.25, -0.2) is 0 Å². The smallest absolute Gasteiger partial charge is 0.135 e. The highest BCUT2D eigenvalue weighted by Gasteiger charge is 2.39. The van der Waals surface area contributed by atoms with Crippen LogP contribution in [-0.2, 0) is 10.8 Å². The van der Waals surface area contributed by atoms with Crippen molar-refractivity contribution in [1.29, 1.82) is 0 Å². The molecular weight excluding hydrogens is 739 g/mol. The summed E-state index contributed by atoms with van der Waals surface area (Å²) in [5.74, 6) is 0.